The molecule has 496 valence electrons. The summed E-state index contributed by atoms with van der Waals surface area (Å²) in [5, 5.41) is 44.3. The second-order valence-corrected chi connectivity index (χ2v) is 22.6. The smallest absolute Gasteiger partial charge is 0.326 e. The number of carboxylic acids is 1. The molecule has 24 N–H and O–H groups in total. The zero-order valence-corrected chi connectivity index (χ0v) is 51.6. The van der Waals surface area contributed by atoms with Crippen molar-refractivity contribution in [3.05, 3.63) is 0 Å². The predicted octanol–water partition coefficient (Wildman–Crippen LogP) is -5.28. The van der Waals surface area contributed by atoms with Gasteiger partial charge in [-0.25, -0.2) is 4.79 Å². The Morgan fingerprint density at radius 2 is 0.782 bits per heavy atom. The van der Waals surface area contributed by atoms with Gasteiger partial charge in [0.1, 0.15) is 54.4 Å². The number of carbonyl (C=O) groups excluding carboxylic acids is 13. The van der Waals surface area contributed by atoms with Crippen molar-refractivity contribution in [3.63, 3.8) is 0 Å². The number of unbranched alkanes of at least 4 members (excludes halogenated alkanes) is 2. The molecular weight excluding hydrogens is 1140 g/mol. The molecule has 0 aromatic carbocycles. The standard InChI is InChI=1S/C55H100N16O16/c1-9-30(7)44(61)53(84)66-35(18-20-41(59)74)49(80)65-34(17-19-40(58)73)50(81)68-37(25-42(60)75)52(83)67-36(23-28(3)4)51(82)64-32(15-11-13-21-56)47(78)63-33(16-12-14-22-57)48(79)70-39(27-72)46(77)62-26-43(76)71-45(31(8)10-2)54(85)69-38(55(86)87)24-29(5)6/h28-39,44-45,72H,9-27,56-57,61H2,1-8H3,(H2,58,73)(H2,59,74)(H2,60,75)(H,62,77)(H,63,78)(H,64,82)(H,65,80)(H,66,84)(H,67,83)(H,68,81)(H,69,85)(H,70,79)(H,71,76)(H,86,87)/t30-,31-,32-,33-,34-,35-,36-,37-,38-,39-,44-,45-/m0/s1. The van der Waals surface area contributed by atoms with Gasteiger partial charge in [0.2, 0.25) is 76.8 Å². The van der Waals surface area contributed by atoms with Crippen LogP contribution in [0.2, 0.25) is 0 Å². The minimum Gasteiger partial charge on any atom is -0.480 e. The van der Waals surface area contributed by atoms with Gasteiger partial charge in [0.15, 0.2) is 0 Å². The fourth-order valence-corrected chi connectivity index (χ4v) is 8.53. The Morgan fingerprint density at radius 3 is 1.17 bits per heavy atom. The van der Waals surface area contributed by atoms with Crippen LogP contribution in [-0.2, 0) is 67.1 Å². The topological polar surface area (TPSA) is 556 Å². The maximum absolute atomic E-state index is 14.3. The third kappa shape index (κ3) is 32.1. The van der Waals surface area contributed by atoms with Crippen molar-refractivity contribution in [2.75, 3.05) is 26.2 Å². The van der Waals surface area contributed by atoms with Gasteiger partial charge in [0.05, 0.1) is 25.6 Å². The van der Waals surface area contributed by atoms with Crippen LogP contribution < -0.4 is 87.6 Å². The van der Waals surface area contributed by atoms with Gasteiger partial charge in [0, 0.05) is 12.8 Å². The number of rotatable bonds is 46. The normalized spacial score (nSPS) is 15.3. The van der Waals surface area contributed by atoms with Crippen LogP contribution >= 0.6 is 0 Å². The van der Waals surface area contributed by atoms with Crippen molar-refractivity contribution < 1.29 is 77.3 Å². The lowest BCUT2D eigenvalue weighted by Crippen LogP contribution is -2.61. The molecule has 0 heterocycles. The fraction of sp³-hybridized carbons (Fsp3) is 0.745. The predicted molar refractivity (Wildman–Crippen MR) is 317 cm³/mol. The van der Waals surface area contributed by atoms with Crippen LogP contribution in [0.3, 0.4) is 0 Å². The maximum atomic E-state index is 14.3. The van der Waals surface area contributed by atoms with Gasteiger partial charge in [-0.2, -0.15) is 0 Å². The lowest BCUT2D eigenvalue weighted by molar-refractivity contribution is -0.143. The van der Waals surface area contributed by atoms with Crippen molar-refractivity contribution >= 4 is 82.8 Å². The lowest BCUT2D eigenvalue weighted by Gasteiger charge is -2.28. The van der Waals surface area contributed by atoms with E-state index < -0.39 is 182 Å². The molecule has 0 unspecified atom stereocenters. The number of aliphatic hydroxyl groups excluding tert-OH is 1. The van der Waals surface area contributed by atoms with E-state index in [1.165, 1.54) is 0 Å². The van der Waals surface area contributed by atoms with Crippen LogP contribution in [0.1, 0.15) is 152 Å². The lowest BCUT2D eigenvalue weighted by atomic mass is 9.97. The quantitative estimate of drug-likeness (QED) is 0.0253. The highest BCUT2D eigenvalue weighted by atomic mass is 16.4. The summed E-state index contributed by atoms with van der Waals surface area (Å²) in [6.45, 7) is 12.5. The van der Waals surface area contributed by atoms with Crippen molar-refractivity contribution in [1.29, 1.82) is 0 Å². The SMILES string of the molecule is CC[C@H](C)[C@H](N)C(=O)N[C@@H](CCC(N)=O)C(=O)N[C@@H](CCC(N)=O)C(=O)N[C@@H](CC(N)=O)C(=O)N[C@@H](CC(C)C)C(=O)N[C@@H](CCCCN)C(=O)N[C@@H](CCCCN)C(=O)N[C@@H](CO)C(=O)NCC(=O)N[C@H](C(=O)N[C@@H](CC(C)C)C(=O)O)[C@@H](C)CC. The number of aliphatic hydroxyl groups is 1. The number of nitrogens with one attached hydrogen (secondary N) is 10. The van der Waals surface area contributed by atoms with E-state index in [9.17, 15) is 77.3 Å². The van der Waals surface area contributed by atoms with E-state index >= 15 is 0 Å². The third-order valence-electron chi connectivity index (χ3n) is 14.1. The molecule has 13 amide bonds. The Hall–Kier alpha value is -7.58. The summed E-state index contributed by atoms with van der Waals surface area (Å²) in [4.78, 5) is 185. The molecule has 0 saturated carbocycles. The summed E-state index contributed by atoms with van der Waals surface area (Å²) in [5.74, 6) is -14.8. The Bertz CT molecular complexity index is 2310. The molecule has 0 aliphatic heterocycles. The van der Waals surface area contributed by atoms with E-state index in [-0.39, 0.29) is 82.2 Å². The number of aliphatic carboxylic acids is 1. The Balaban J connectivity index is 6.72. The molecule has 0 radical (unpaired) electrons. The Morgan fingerprint density at radius 1 is 0.414 bits per heavy atom. The maximum Gasteiger partial charge on any atom is 0.326 e. The summed E-state index contributed by atoms with van der Waals surface area (Å²) in [5.41, 5.74) is 33.7. The van der Waals surface area contributed by atoms with Crippen LogP contribution in [0.4, 0.5) is 0 Å². The third-order valence-corrected chi connectivity index (χ3v) is 14.1. The molecule has 0 aromatic heterocycles. The van der Waals surface area contributed by atoms with Gasteiger partial charge < -0.3 is 97.8 Å². The molecule has 12 atom stereocenters. The highest BCUT2D eigenvalue weighted by Gasteiger charge is 2.37. The van der Waals surface area contributed by atoms with E-state index in [2.05, 4.69) is 53.2 Å². The molecule has 0 rings (SSSR count). The van der Waals surface area contributed by atoms with Crippen molar-refractivity contribution in [2.24, 2.45) is 58.1 Å². The molecule has 0 fully saturated rings. The molecule has 32 nitrogen and oxygen atoms in total. The first-order valence-corrected chi connectivity index (χ1v) is 29.6. The molecule has 0 aliphatic carbocycles. The average Bonchev–Trinajstić information content (AvgIpc) is 3.66. The first kappa shape index (κ1) is 79.4. The van der Waals surface area contributed by atoms with E-state index in [1.54, 1.807) is 55.4 Å². The number of carbonyl (C=O) groups is 14. The molecule has 0 saturated heterocycles. The van der Waals surface area contributed by atoms with Crippen LogP contribution in [0.15, 0.2) is 0 Å². The highest BCUT2D eigenvalue weighted by Crippen LogP contribution is 2.14. The number of primary amides is 3. The summed E-state index contributed by atoms with van der Waals surface area (Å²) in [6, 6.07) is -14.5. The first-order valence-electron chi connectivity index (χ1n) is 29.6. The van der Waals surface area contributed by atoms with Gasteiger partial charge in [-0.1, -0.05) is 68.2 Å². The monoisotopic (exact) mass is 1240 g/mol. The van der Waals surface area contributed by atoms with Gasteiger partial charge in [-0.3, -0.25) is 62.3 Å². The zero-order valence-electron chi connectivity index (χ0n) is 51.6. The van der Waals surface area contributed by atoms with Crippen molar-refractivity contribution in [3.8, 4) is 0 Å². The number of nitrogens with two attached hydrogens (primary N) is 6. The molecule has 0 aromatic rings. The molecule has 0 aliphatic rings. The number of hydrogen-bond acceptors (Lipinski definition) is 18. The van der Waals surface area contributed by atoms with Crippen LogP contribution in [0, 0.1) is 23.7 Å². The molecule has 32 heteroatoms. The summed E-state index contributed by atoms with van der Waals surface area (Å²) in [6.07, 6.45) is -0.495. The Kier molecular flexibility index (Phi) is 38.6. The summed E-state index contributed by atoms with van der Waals surface area (Å²) >= 11 is 0. The van der Waals surface area contributed by atoms with E-state index in [0.717, 1.165) is 0 Å². The second-order valence-electron chi connectivity index (χ2n) is 22.6. The van der Waals surface area contributed by atoms with Crippen LogP contribution in [0.5, 0.6) is 0 Å². The summed E-state index contributed by atoms with van der Waals surface area (Å²) in [7, 11) is 0. The van der Waals surface area contributed by atoms with Gasteiger partial charge >= 0.3 is 5.97 Å². The largest absolute Gasteiger partial charge is 0.480 e. The minimum atomic E-state index is -1.84. The van der Waals surface area contributed by atoms with E-state index in [4.69, 9.17) is 34.4 Å². The van der Waals surface area contributed by atoms with Gasteiger partial charge in [0.25, 0.3) is 0 Å². The minimum absolute atomic E-state index is 0.0634. The fourth-order valence-electron chi connectivity index (χ4n) is 8.53. The summed E-state index contributed by atoms with van der Waals surface area (Å²) < 4.78 is 0. The number of hydrogen-bond donors (Lipinski definition) is 18. The van der Waals surface area contributed by atoms with E-state index in [1.807, 2.05) is 0 Å². The van der Waals surface area contributed by atoms with Gasteiger partial charge in [-0.15, -0.1) is 0 Å². The first-order chi connectivity index (χ1) is 40.8. The average molecular weight is 1240 g/mol. The van der Waals surface area contributed by atoms with Gasteiger partial charge in [-0.05, 0) is 101 Å². The molecule has 87 heavy (non-hydrogen) atoms. The number of amides is 13. The molecular formula is C55H100N16O16. The molecule has 0 bridgehead atoms. The van der Waals surface area contributed by atoms with Crippen molar-refractivity contribution in [2.45, 2.75) is 212 Å². The number of carboxylic acid groups (broad SMARTS) is 1. The Labute approximate surface area is 508 Å². The second kappa shape index (κ2) is 42.3. The van der Waals surface area contributed by atoms with Crippen LogP contribution in [0.25, 0.3) is 0 Å². The van der Waals surface area contributed by atoms with E-state index in [0.29, 0.717) is 25.7 Å². The van der Waals surface area contributed by atoms with Crippen molar-refractivity contribution in [1.82, 2.24) is 53.2 Å². The zero-order chi connectivity index (χ0) is 66.7. The molecule has 0 spiro atoms. The highest BCUT2D eigenvalue weighted by molar-refractivity contribution is 5.99. The van der Waals surface area contributed by atoms with Crippen LogP contribution in [-0.4, -0.2) is 180 Å².